The summed E-state index contributed by atoms with van der Waals surface area (Å²) < 4.78 is 13.5. The molecule has 1 aromatic rings. The fourth-order valence-electron chi connectivity index (χ4n) is 2.13. The molecular weight excluding hydrogens is 213 g/mol. The summed E-state index contributed by atoms with van der Waals surface area (Å²) >= 11 is 0. The molecule has 17 heavy (non-hydrogen) atoms. The molecule has 1 aromatic carbocycles. The van der Waals surface area contributed by atoms with Crippen LogP contribution in [0.2, 0.25) is 0 Å². The zero-order valence-electron chi connectivity index (χ0n) is 11.3. The number of hydrogen-bond donors (Lipinski definition) is 0. The molecular formula is C15H22FN. The molecule has 0 saturated carbocycles. The molecule has 0 N–H and O–H groups in total. The Hall–Kier alpha value is -1.15. The Labute approximate surface area is 104 Å². The zero-order chi connectivity index (χ0) is 13.0. The van der Waals surface area contributed by atoms with E-state index in [9.17, 15) is 4.39 Å². The lowest BCUT2D eigenvalue weighted by molar-refractivity contribution is 0.284. The lowest BCUT2D eigenvalue weighted by Crippen LogP contribution is -2.29. The van der Waals surface area contributed by atoms with E-state index in [-0.39, 0.29) is 5.82 Å². The van der Waals surface area contributed by atoms with E-state index in [2.05, 4.69) is 32.5 Å². The number of halogens is 1. The van der Waals surface area contributed by atoms with E-state index in [0.29, 0.717) is 6.04 Å². The van der Waals surface area contributed by atoms with Crippen LogP contribution in [0, 0.1) is 12.7 Å². The van der Waals surface area contributed by atoms with Gasteiger partial charge in [-0.1, -0.05) is 19.6 Å². The van der Waals surface area contributed by atoms with Crippen molar-refractivity contribution in [3.8, 4) is 0 Å². The highest BCUT2D eigenvalue weighted by atomic mass is 19.1. The van der Waals surface area contributed by atoms with Gasteiger partial charge in [0.25, 0.3) is 0 Å². The Morgan fingerprint density at radius 3 is 2.53 bits per heavy atom. The van der Waals surface area contributed by atoms with Crippen molar-refractivity contribution >= 4 is 6.08 Å². The molecule has 0 aliphatic rings. The van der Waals surface area contributed by atoms with Gasteiger partial charge < -0.3 is 4.90 Å². The standard InChI is InChI=1S/C15H22FN/c1-6-12-8-14(16)9-13(11(12)3)10-15(7-2)17(4)5/h6,8-9,15H,1,7,10H2,2-5H3. The summed E-state index contributed by atoms with van der Waals surface area (Å²) in [6.45, 7) is 7.93. The van der Waals surface area contributed by atoms with Crippen LogP contribution in [0.5, 0.6) is 0 Å². The fraction of sp³-hybridized carbons (Fsp3) is 0.467. The van der Waals surface area contributed by atoms with Crippen LogP contribution in [-0.2, 0) is 6.42 Å². The lowest BCUT2D eigenvalue weighted by atomic mass is 9.95. The van der Waals surface area contributed by atoms with Crippen LogP contribution >= 0.6 is 0 Å². The Morgan fingerprint density at radius 1 is 1.41 bits per heavy atom. The number of hydrogen-bond acceptors (Lipinski definition) is 1. The third-order valence-electron chi connectivity index (χ3n) is 3.40. The van der Waals surface area contributed by atoms with E-state index in [1.165, 1.54) is 0 Å². The van der Waals surface area contributed by atoms with Crippen molar-refractivity contribution < 1.29 is 4.39 Å². The SMILES string of the molecule is C=Cc1cc(F)cc(CC(CC)N(C)C)c1C. The maximum atomic E-state index is 13.5. The van der Waals surface area contributed by atoms with E-state index < -0.39 is 0 Å². The summed E-state index contributed by atoms with van der Waals surface area (Å²) in [5, 5.41) is 0. The van der Waals surface area contributed by atoms with Gasteiger partial charge in [0.1, 0.15) is 5.82 Å². The Morgan fingerprint density at radius 2 is 2.06 bits per heavy atom. The topological polar surface area (TPSA) is 3.24 Å². The van der Waals surface area contributed by atoms with E-state index in [4.69, 9.17) is 0 Å². The van der Waals surface area contributed by atoms with E-state index >= 15 is 0 Å². The zero-order valence-corrected chi connectivity index (χ0v) is 11.3. The molecule has 1 unspecified atom stereocenters. The van der Waals surface area contributed by atoms with Crippen molar-refractivity contribution in [2.24, 2.45) is 0 Å². The molecule has 1 rings (SSSR count). The van der Waals surface area contributed by atoms with Crippen molar-refractivity contribution in [3.63, 3.8) is 0 Å². The third kappa shape index (κ3) is 3.40. The molecule has 1 nitrogen and oxygen atoms in total. The average molecular weight is 235 g/mol. The minimum absolute atomic E-state index is 0.172. The fourth-order valence-corrected chi connectivity index (χ4v) is 2.13. The first-order valence-corrected chi connectivity index (χ1v) is 6.07. The highest BCUT2D eigenvalue weighted by Gasteiger charge is 2.13. The summed E-state index contributed by atoms with van der Waals surface area (Å²) in [7, 11) is 4.13. The molecule has 0 aliphatic heterocycles. The molecule has 1 atom stereocenters. The molecule has 0 fully saturated rings. The smallest absolute Gasteiger partial charge is 0.124 e. The molecule has 94 valence electrons. The minimum atomic E-state index is -0.172. The summed E-state index contributed by atoms with van der Waals surface area (Å²) in [6, 6.07) is 3.64. The van der Waals surface area contributed by atoms with Gasteiger partial charge in [0.2, 0.25) is 0 Å². The van der Waals surface area contributed by atoms with Gasteiger partial charge in [-0.25, -0.2) is 4.39 Å². The highest BCUT2D eigenvalue weighted by molar-refractivity contribution is 5.54. The molecule has 0 aliphatic carbocycles. The second-order valence-corrected chi connectivity index (χ2v) is 4.71. The van der Waals surface area contributed by atoms with Gasteiger partial charge in [-0.3, -0.25) is 0 Å². The van der Waals surface area contributed by atoms with Crippen LogP contribution in [0.25, 0.3) is 6.08 Å². The normalized spacial score (nSPS) is 12.8. The lowest BCUT2D eigenvalue weighted by Gasteiger charge is -2.24. The summed E-state index contributed by atoms with van der Waals surface area (Å²) in [5.41, 5.74) is 3.12. The number of rotatable bonds is 5. The van der Waals surface area contributed by atoms with Crippen LogP contribution in [0.15, 0.2) is 18.7 Å². The van der Waals surface area contributed by atoms with Gasteiger partial charge in [0.15, 0.2) is 0 Å². The van der Waals surface area contributed by atoms with Gasteiger partial charge in [0.05, 0.1) is 0 Å². The maximum Gasteiger partial charge on any atom is 0.124 e. The third-order valence-corrected chi connectivity index (χ3v) is 3.40. The van der Waals surface area contributed by atoms with Gasteiger partial charge in [-0.05, 0) is 62.7 Å². The van der Waals surface area contributed by atoms with Crippen molar-refractivity contribution in [2.75, 3.05) is 14.1 Å². The average Bonchev–Trinajstić information content (AvgIpc) is 2.29. The summed E-state index contributed by atoms with van der Waals surface area (Å²) in [4.78, 5) is 2.19. The van der Waals surface area contributed by atoms with Crippen LogP contribution in [0.1, 0.15) is 30.0 Å². The van der Waals surface area contributed by atoms with Crippen molar-refractivity contribution in [1.29, 1.82) is 0 Å². The molecule has 0 heterocycles. The Balaban J connectivity index is 3.05. The highest BCUT2D eigenvalue weighted by Crippen LogP contribution is 2.20. The first kappa shape index (κ1) is 13.9. The quantitative estimate of drug-likeness (QED) is 0.753. The van der Waals surface area contributed by atoms with Gasteiger partial charge in [0, 0.05) is 6.04 Å². The molecule has 0 aromatic heterocycles. The molecule has 0 amide bonds. The van der Waals surface area contributed by atoms with Crippen LogP contribution in [-0.4, -0.2) is 25.0 Å². The molecule has 0 bridgehead atoms. The predicted molar refractivity (Wildman–Crippen MR) is 72.7 cm³/mol. The van der Waals surface area contributed by atoms with Gasteiger partial charge >= 0.3 is 0 Å². The van der Waals surface area contributed by atoms with Crippen LogP contribution in [0.3, 0.4) is 0 Å². The van der Waals surface area contributed by atoms with Crippen molar-refractivity contribution in [1.82, 2.24) is 4.90 Å². The summed E-state index contributed by atoms with van der Waals surface area (Å²) in [6.07, 6.45) is 3.67. The molecule has 0 spiro atoms. The van der Waals surface area contributed by atoms with Gasteiger partial charge in [-0.2, -0.15) is 0 Å². The Kier molecular flexibility index (Phi) is 4.88. The monoisotopic (exact) mass is 235 g/mol. The first-order valence-electron chi connectivity index (χ1n) is 6.07. The largest absolute Gasteiger partial charge is 0.306 e. The van der Waals surface area contributed by atoms with Gasteiger partial charge in [-0.15, -0.1) is 0 Å². The Bertz CT molecular complexity index is 396. The first-order chi connectivity index (χ1) is 7.99. The molecule has 0 saturated heterocycles. The maximum absolute atomic E-state index is 13.5. The van der Waals surface area contributed by atoms with E-state index in [1.54, 1.807) is 18.2 Å². The predicted octanol–water partition coefficient (Wildman–Crippen LogP) is 3.66. The second-order valence-electron chi connectivity index (χ2n) is 4.71. The number of nitrogens with zero attached hydrogens (tertiary/aromatic N) is 1. The van der Waals surface area contributed by atoms with Crippen LogP contribution < -0.4 is 0 Å². The minimum Gasteiger partial charge on any atom is -0.306 e. The molecule has 0 radical (unpaired) electrons. The number of likely N-dealkylation sites (N-methyl/N-ethyl adjacent to an activating group) is 1. The van der Waals surface area contributed by atoms with Crippen LogP contribution in [0.4, 0.5) is 4.39 Å². The second kappa shape index (κ2) is 5.97. The van der Waals surface area contributed by atoms with E-state index in [0.717, 1.165) is 29.5 Å². The van der Waals surface area contributed by atoms with Crippen molar-refractivity contribution in [2.45, 2.75) is 32.7 Å². The van der Waals surface area contributed by atoms with E-state index in [1.807, 2.05) is 6.92 Å². The summed E-state index contributed by atoms with van der Waals surface area (Å²) in [5.74, 6) is -0.172. The number of benzene rings is 1. The molecule has 2 heteroatoms. The van der Waals surface area contributed by atoms with Crippen molar-refractivity contribution in [3.05, 3.63) is 41.2 Å².